The Morgan fingerprint density at radius 2 is 1.95 bits per heavy atom. The third-order valence-electron chi connectivity index (χ3n) is 2.91. The van der Waals surface area contributed by atoms with E-state index in [-0.39, 0.29) is 12.0 Å². The molecular formula is C16H22BrNO4. The Labute approximate surface area is 139 Å². The smallest absolute Gasteiger partial charge is 0.408 e. The van der Waals surface area contributed by atoms with E-state index >= 15 is 0 Å². The lowest BCUT2D eigenvalue weighted by molar-refractivity contribution is 0.0506. The molecule has 0 heterocycles. The van der Waals surface area contributed by atoms with Gasteiger partial charge >= 0.3 is 12.1 Å². The second-order valence-corrected chi connectivity index (χ2v) is 6.47. The summed E-state index contributed by atoms with van der Waals surface area (Å²) in [6, 6.07) is 5.12. The SMILES string of the molecule is COC(=O)c1ccc([C@H](C)NC(=O)OC(C)(C)C)cc1CBr. The lowest BCUT2D eigenvalue weighted by Gasteiger charge is -2.22. The fourth-order valence-corrected chi connectivity index (χ4v) is 2.33. The van der Waals surface area contributed by atoms with Gasteiger partial charge in [0.2, 0.25) is 0 Å². The molecule has 5 nitrogen and oxygen atoms in total. The van der Waals surface area contributed by atoms with E-state index in [0.717, 1.165) is 11.1 Å². The lowest BCUT2D eigenvalue weighted by atomic mass is 10.0. The van der Waals surface area contributed by atoms with E-state index in [9.17, 15) is 9.59 Å². The van der Waals surface area contributed by atoms with Gasteiger partial charge in [0.15, 0.2) is 0 Å². The fraction of sp³-hybridized carbons (Fsp3) is 0.500. The molecule has 0 radical (unpaired) electrons. The van der Waals surface area contributed by atoms with Crippen LogP contribution in [0.1, 0.15) is 55.2 Å². The molecule has 1 aromatic carbocycles. The lowest BCUT2D eigenvalue weighted by Crippen LogP contribution is -2.34. The fourth-order valence-electron chi connectivity index (χ4n) is 1.87. The van der Waals surface area contributed by atoms with Crippen molar-refractivity contribution in [2.45, 2.75) is 44.7 Å². The Kier molecular flexibility index (Phi) is 6.41. The first kappa shape index (κ1) is 18.5. The van der Waals surface area contributed by atoms with Crippen LogP contribution in [0.4, 0.5) is 4.79 Å². The first-order valence-corrected chi connectivity index (χ1v) is 8.06. The maximum atomic E-state index is 11.8. The van der Waals surface area contributed by atoms with Gasteiger partial charge in [-0.05, 0) is 44.9 Å². The number of carbonyl (C=O) groups excluding carboxylic acids is 2. The van der Waals surface area contributed by atoms with Crippen molar-refractivity contribution in [1.29, 1.82) is 0 Å². The molecule has 0 bridgehead atoms. The van der Waals surface area contributed by atoms with Gasteiger partial charge < -0.3 is 14.8 Å². The van der Waals surface area contributed by atoms with Crippen LogP contribution in [0.5, 0.6) is 0 Å². The Hall–Kier alpha value is -1.56. The maximum Gasteiger partial charge on any atom is 0.408 e. The van der Waals surface area contributed by atoms with Crippen LogP contribution in [0.2, 0.25) is 0 Å². The van der Waals surface area contributed by atoms with Gasteiger partial charge in [-0.25, -0.2) is 9.59 Å². The predicted molar refractivity (Wildman–Crippen MR) is 88.2 cm³/mol. The van der Waals surface area contributed by atoms with Crippen molar-refractivity contribution in [3.05, 3.63) is 34.9 Å². The summed E-state index contributed by atoms with van der Waals surface area (Å²) in [5, 5.41) is 3.29. The second kappa shape index (κ2) is 7.63. The van der Waals surface area contributed by atoms with Gasteiger partial charge in [-0.1, -0.05) is 28.1 Å². The minimum Gasteiger partial charge on any atom is -0.465 e. The Morgan fingerprint density at radius 1 is 1.32 bits per heavy atom. The van der Waals surface area contributed by atoms with Crippen LogP contribution in [0.15, 0.2) is 18.2 Å². The summed E-state index contributed by atoms with van der Waals surface area (Å²) in [7, 11) is 1.35. The van der Waals surface area contributed by atoms with Crippen LogP contribution < -0.4 is 5.32 Å². The quantitative estimate of drug-likeness (QED) is 0.642. The third-order valence-corrected chi connectivity index (χ3v) is 3.52. The Morgan fingerprint density at radius 3 is 2.45 bits per heavy atom. The number of amides is 1. The van der Waals surface area contributed by atoms with Crippen molar-refractivity contribution >= 4 is 28.0 Å². The standard InChI is InChI=1S/C16H22BrNO4/c1-10(18-15(20)22-16(2,3)4)11-6-7-13(14(19)21-5)12(8-11)9-17/h6-8,10H,9H2,1-5H3,(H,18,20)/t10-/m0/s1. The largest absolute Gasteiger partial charge is 0.465 e. The number of carbonyl (C=O) groups is 2. The average Bonchev–Trinajstić information content (AvgIpc) is 2.43. The molecule has 1 aromatic rings. The topological polar surface area (TPSA) is 64.6 Å². The molecule has 0 spiro atoms. The highest BCUT2D eigenvalue weighted by Gasteiger charge is 2.19. The van der Waals surface area contributed by atoms with E-state index in [1.54, 1.807) is 12.1 Å². The maximum absolute atomic E-state index is 11.8. The Bertz CT molecular complexity index is 552. The van der Waals surface area contributed by atoms with Crippen molar-refractivity contribution in [3.63, 3.8) is 0 Å². The molecule has 0 aliphatic heterocycles. The molecule has 22 heavy (non-hydrogen) atoms. The minimum atomic E-state index is -0.542. The predicted octanol–water partition coefficient (Wildman–Crippen LogP) is 3.95. The third kappa shape index (κ3) is 5.33. The zero-order valence-corrected chi connectivity index (χ0v) is 15.1. The molecule has 0 aliphatic carbocycles. The van der Waals surface area contributed by atoms with E-state index in [1.165, 1.54) is 7.11 Å². The molecule has 0 fully saturated rings. The molecule has 122 valence electrons. The van der Waals surface area contributed by atoms with Crippen LogP contribution in [-0.4, -0.2) is 24.8 Å². The molecule has 1 N–H and O–H groups in total. The average molecular weight is 372 g/mol. The monoisotopic (exact) mass is 371 g/mol. The molecule has 6 heteroatoms. The van der Waals surface area contributed by atoms with Crippen LogP contribution in [0.25, 0.3) is 0 Å². The summed E-state index contributed by atoms with van der Waals surface area (Å²) in [5.74, 6) is -0.381. The summed E-state index contributed by atoms with van der Waals surface area (Å²) >= 11 is 3.36. The van der Waals surface area contributed by atoms with Gasteiger partial charge in [-0.3, -0.25) is 0 Å². The molecule has 1 atom stereocenters. The number of methoxy groups -OCH3 is 1. The zero-order chi connectivity index (χ0) is 16.9. The summed E-state index contributed by atoms with van der Waals surface area (Å²) in [4.78, 5) is 23.5. The molecule has 0 saturated heterocycles. The van der Waals surface area contributed by atoms with Gasteiger partial charge in [0, 0.05) is 5.33 Å². The van der Waals surface area contributed by atoms with Crippen molar-refractivity contribution in [2.75, 3.05) is 7.11 Å². The van der Waals surface area contributed by atoms with Crippen molar-refractivity contribution in [3.8, 4) is 0 Å². The number of alkyl halides is 1. The number of nitrogens with one attached hydrogen (secondary N) is 1. The number of hydrogen-bond acceptors (Lipinski definition) is 4. The molecule has 0 aromatic heterocycles. The zero-order valence-electron chi connectivity index (χ0n) is 13.5. The van der Waals surface area contributed by atoms with E-state index in [2.05, 4.69) is 21.2 Å². The highest BCUT2D eigenvalue weighted by atomic mass is 79.9. The van der Waals surface area contributed by atoms with Crippen LogP contribution in [-0.2, 0) is 14.8 Å². The summed E-state index contributed by atoms with van der Waals surface area (Å²) in [5.41, 5.74) is 1.65. The molecular weight excluding hydrogens is 350 g/mol. The van der Waals surface area contributed by atoms with E-state index in [1.807, 2.05) is 33.8 Å². The number of hydrogen-bond donors (Lipinski definition) is 1. The summed E-state index contributed by atoms with van der Waals surface area (Å²) in [6.45, 7) is 7.29. The first-order valence-electron chi connectivity index (χ1n) is 6.94. The van der Waals surface area contributed by atoms with Gasteiger partial charge in [-0.15, -0.1) is 0 Å². The molecule has 0 unspecified atom stereocenters. The van der Waals surface area contributed by atoms with Crippen LogP contribution in [0.3, 0.4) is 0 Å². The number of alkyl carbamates (subject to hydrolysis) is 1. The number of benzene rings is 1. The second-order valence-electron chi connectivity index (χ2n) is 5.91. The number of rotatable bonds is 4. The van der Waals surface area contributed by atoms with Gasteiger partial charge in [0.25, 0.3) is 0 Å². The number of ether oxygens (including phenoxy) is 2. The van der Waals surface area contributed by atoms with Crippen LogP contribution >= 0.6 is 15.9 Å². The minimum absolute atomic E-state index is 0.237. The summed E-state index contributed by atoms with van der Waals surface area (Å²) < 4.78 is 9.98. The first-order chi connectivity index (χ1) is 10.2. The van der Waals surface area contributed by atoms with Gasteiger partial charge in [0.05, 0.1) is 18.7 Å². The van der Waals surface area contributed by atoms with Crippen molar-refractivity contribution in [1.82, 2.24) is 5.32 Å². The normalized spacial score (nSPS) is 12.5. The van der Waals surface area contributed by atoms with Crippen molar-refractivity contribution in [2.24, 2.45) is 0 Å². The molecule has 1 amide bonds. The molecule has 0 saturated carbocycles. The molecule has 1 rings (SSSR count). The van der Waals surface area contributed by atoms with Crippen molar-refractivity contribution < 1.29 is 19.1 Å². The van der Waals surface area contributed by atoms with Gasteiger partial charge in [-0.2, -0.15) is 0 Å². The number of esters is 1. The number of halogens is 1. The van der Waals surface area contributed by atoms with E-state index in [0.29, 0.717) is 10.9 Å². The van der Waals surface area contributed by atoms with E-state index < -0.39 is 11.7 Å². The highest BCUT2D eigenvalue weighted by molar-refractivity contribution is 9.08. The van der Waals surface area contributed by atoms with Crippen LogP contribution in [0, 0.1) is 0 Å². The van der Waals surface area contributed by atoms with E-state index in [4.69, 9.17) is 9.47 Å². The van der Waals surface area contributed by atoms with Gasteiger partial charge in [0.1, 0.15) is 5.60 Å². The Balaban J connectivity index is 2.88. The summed E-state index contributed by atoms with van der Waals surface area (Å²) in [6.07, 6.45) is -0.475. The molecule has 0 aliphatic rings. The highest BCUT2D eigenvalue weighted by Crippen LogP contribution is 2.21.